The summed E-state index contributed by atoms with van der Waals surface area (Å²) in [4.78, 5) is 12.1. The van der Waals surface area contributed by atoms with Crippen LogP contribution >= 0.6 is 0 Å². The third kappa shape index (κ3) is 2.17. The van der Waals surface area contributed by atoms with Crippen molar-refractivity contribution in [3.05, 3.63) is 35.6 Å². The summed E-state index contributed by atoms with van der Waals surface area (Å²) in [7, 11) is 1.63. The monoisotopic (exact) mass is 237 g/mol. The van der Waals surface area contributed by atoms with E-state index in [4.69, 9.17) is 4.74 Å². The van der Waals surface area contributed by atoms with E-state index in [-0.39, 0.29) is 11.7 Å². The van der Waals surface area contributed by atoms with Crippen molar-refractivity contribution in [2.45, 2.75) is 18.3 Å². The Balaban J connectivity index is 2.38. The molecule has 1 aromatic carbocycles. The minimum absolute atomic E-state index is 0.0209. The predicted molar refractivity (Wildman–Crippen MR) is 62.2 cm³/mol. The van der Waals surface area contributed by atoms with Gasteiger partial charge >= 0.3 is 0 Å². The summed E-state index contributed by atoms with van der Waals surface area (Å²) in [5, 5.41) is 2.70. The molecule has 0 unspecified atom stereocenters. The standard InChI is InChI=1S/C13H16FNO2/c1-15-12(16)13(6-8-17-9-7-13)10-2-4-11(14)5-3-10/h2-5H,6-9H2,1H3,(H,15,16). The second-order valence-corrected chi connectivity index (χ2v) is 4.28. The lowest BCUT2D eigenvalue weighted by atomic mass is 9.73. The topological polar surface area (TPSA) is 38.3 Å². The number of hydrogen-bond acceptors (Lipinski definition) is 2. The van der Waals surface area contributed by atoms with Crippen molar-refractivity contribution >= 4 is 5.91 Å². The Hall–Kier alpha value is -1.42. The van der Waals surface area contributed by atoms with E-state index in [1.165, 1.54) is 12.1 Å². The van der Waals surface area contributed by atoms with Crippen molar-refractivity contribution in [1.82, 2.24) is 5.32 Å². The normalized spacial score (nSPS) is 18.7. The first-order chi connectivity index (χ1) is 8.19. The van der Waals surface area contributed by atoms with E-state index in [0.717, 1.165) is 5.56 Å². The Bertz CT molecular complexity index is 396. The van der Waals surface area contributed by atoms with Gasteiger partial charge in [-0.2, -0.15) is 0 Å². The maximum absolute atomic E-state index is 12.9. The van der Waals surface area contributed by atoms with Gasteiger partial charge in [-0.25, -0.2) is 4.39 Å². The third-order valence-electron chi connectivity index (χ3n) is 3.40. The zero-order chi connectivity index (χ0) is 12.3. The Morgan fingerprint density at radius 2 is 1.88 bits per heavy atom. The zero-order valence-electron chi connectivity index (χ0n) is 9.83. The van der Waals surface area contributed by atoms with Crippen molar-refractivity contribution in [3.8, 4) is 0 Å². The molecule has 0 radical (unpaired) electrons. The van der Waals surface area contributed by atoms with Crippen molar-refractivity contribution in [1.29, 1.82) is 0 Å². The van der Waals surface area contributed by atoms with E-state index < -0.39 is 5.41 Å². The molecular formula is C13H16FNO2. The lowest BCUT2D eigenvalue weighted by molar-refractivity contribution is -0.129. The highest BCUT2D eigenvalue weighted by Crippen LogP contribution is 2.35. The SMILES string of the molecule is CNC(=O)C1(c2ccc(F)cc2)CCOCC1. The van der Waals surface area contributed by atoms with E-state index in [9.17, 15) is 9.18 Å². The van der Waals surface area contributed by atoms with E-state index in [1.807, 2.05) is 0 Å². The third-order valence-corrected chi connectivity index (χ3v) is 3.40. The van der Waals surface area contributed by atoms with E-state index in [2.05, 4.69) is 5.32 Å². The first kappa shape index (κ1) is 12.0. The molecule has 0 atom stereocenters. The molecule has 1 aliphatic heterocycles. The fourth-order valence-corrected chi connectivity index (χ4v) is 2.37. The summed E-state index contributed by atoms with van der Waals surface area (Å²) in [6.45, 7) is 1.12. The van der Waals surface area contributed by atoms with Gasteiger partial charge in [-0.15, -0.1) is 0 Å². The summed E-state index contributed by atoms with van der Waals surface area (Å²) >= 11 is 0. The smallest absolute Gasteiger partial charge is 0.230 e. The fraction of sp³-hybridized carbons (Fsp3) is 0.462. The van der Waals surface area contributed by atoms with Gasteiger partial charge in [-0.3, -0.25) is 4.79 Å². The van der Waals surface area contributed by atoms with Crippen LogP contribution in [0.2, 0.25) is 0 Å². The Morgan fingerprint density at radius 3 is 2.41 bits per heavy atom. The summed E-state index contributed by atoms with van der Waals surface area (Å²) in [5.41, 5.74) is 0.294. The van der Waals surface area contributed by atoms with Crippen LogP contribution in [-0.4, -0.2) is 26.2 Å². The minimum atomic E-state index is -0.569. The molecule has 4 heteroatoms. The highest BCUT2D eigenvalue weighted by molar-refractivity contribution is 5.88. The lowest BCUT2D eigenvalue weighted by Crippen LogP contribution is -2.46. The van der Waals surface area contributed by atoms with Crippen molar-refractivity contribution in [2.24, 2.45) is 0 Å². The number of halogens is 1. The first-order valence-corrected chi connectivity index (χ1v) is 5.75. The molecule has 0 bridgehead atoms. The molecule has 0 saturated carbocycles. The molecule has 1 saturated heterocycles. The van der Waals surface area contributed by atoms with Crippen LogP contribution in [0.1, 0.15) is 18.4 Å². The number of likely N-dealkylation sites (N-methyl/N-ethyl adjacent to an activating group) is 1. The minimum Gasteiger partial charge on any atom is -0.381 e. The summed E-state index contributed by atoms with van der Waals surface area (Å²) < 4.78 is 18.2. The molecule has 1 aromatic rings. The molecule has 17 heavy (non-hydrogen) atoms. The quantitative estimate of drug-likeness (QED) is 0.848. The average molecular weight is 237 g/mol. The van der Waals surface area contributed by atoms with Gasteiger partial charge < -0.3 is 10.1 Å². The Kier molecular flexibility index (Phi) is 3.43. The molecule has 0 spiro atoms. The Labute approximate surface area is 100.0 Å². The lowest BCUT2D eigenvalue weighted by Gasteiger charge is -2.35. The molecule has 2 rings (SSSR count). The molecule has 0 aromatic heterocycles. The van der Waals surface area contributed by atoms with Crippen LogP contribution in [0.15, 0.2) is 24.3 Å². The van der Waals surface area contributed by atoms with Crippen LogP contribution in [0.3, 0.4) is 0 Å². The maximum atomic E-state index is 12.9. The van der Waals surface area contributed by atoms with E-state index in [0.29, 0.717) is 26.1 Å². The van der Waals surface area contributed by atoms with Gasteiger partial charge in [0.1, 0.15) is 5.82 Å². The second-order valence-electron chi connectivity index (χ2n) is 4.28. The molecule has 1 fully saturated rings. The number of benzene rings is 1. The number of rotatable bonds is 2. The molecule has 1 amide bonds. The number of nitrogens with one attached hydrogen (secondary N) is 1. The van der Waals surface area contributed by atoms with E-state index in [1.54, 1.807) is 19.2 Å². The molecule has 1 N–H and O–H groups in total. The summed E-state index contributed by atoms with van der Waals surface area (Å²) in [6.07, 6.45) is 1.27. The van der Waals surface area contributed by atoms with Gasteiger partial charge in [0.05, 0.1) is 5.41 Å². The molecule has 3 nitrogen and oxygen atoms in total. The second kappa shape index (κ2) is 4.84. The van der Waals surface area contributed by atoms with Crippen LogP contribution in [0, 0.1) is 5.82 Å². The van der Waals surface area contributed by atoms with Gasteiger partial charge in [0.2, 0.25) is 5.91 Å². The first-order valence-electron chi connectivity index (χ1n) is 5.75. The Morgan fingerprint density at radius 1 is 1.29 bits per heavy atom. The number of ether oxygens (including phenoxy) is 1. The number of amides is 1. The van der Waals surface area contributed by atoms with Gasteiger partial charge in [0.15, 0.2) is 0 Å². The molecule has 1 aliphatic rings. The molecule has 1 heterocycles. The van der Waals surface area contributed by atoms with E-state index >= 15 is 0 Å². The predicted octanol–water partition coefficient (Wildman–Crippen LogP) is 1.62. The fourth-order valence-electron chi connectivity index (χ4n) is 2.37. The van der Waals surface area contributed by atoms with Gasteiger partial charge in [-0.1, -0.05) is 12.1 Å². The van der Waals surface area contributed by atoms with Crippen LogP contribution in [0.4, 0.5) is 4.39 Å². The number of carbonyl (C=O) groups excluding carboxylic acids is 1. The summed E-state index contributed by atoms with van der Waals surface area (Å²) in [6, 6.07) is 6.18. The zero-order valence-corrected chi connectivity index (χ0v) is 9.83. The van der Waals surface area contributed by atoms with Crippen molar-refractivity contribution in [2.75, 3.05) is 20.3 Å². The molecule has 0 aliphatic carbocycles. The van der Waals surface area contributed by atoms with Crippen LogP contribution in [0.25, 0.3) is 0 Å². The summed E-state index contributed by atoms with van der Waals surface area (Å²) in [5.74, 6) is -0.305. The van der Waals surface area contributed by atoms with Gasteiger partial charge in [0, 0.05) is 20.3 Å². The largest absolute Gasteiger partial charge is 0.381 e. The van der Waals surface area contributed by atoms with Crippen LogP contribution < -0.4 is 5.32 Å². The molecular weight excluding hydrogens is 221 g/mol. The van der Waals surface area contributed by atoms with Crippen molar-refractivity contribution < 1.29 is 13.9 Å². The maximum Gasteiger partial charge on any atom is 0.230 e. The van der Waals surface area contributed by atoms with Crippen LogP contribution in [0.5, 0.6) is 0 Å². The average Bonchev–Trinajstić information content (AvgIpc) is 2.39. The number of carbonyl (C=O) groups is 1. The highest BCUT2D eigenvalue weighted by Gasteiger charge is 2.40. The number of hydrogen-bond donors (Lipinski definition) is 1. The van der Waals surface area contributed by atoms with Gasteiger partial charge in [0.25, 0.3) is 0 Å². The van der Waals surface area contributed by atoms with Crippen LogP contribution in [-0.2, 0) is 14.9 Å². The van der Waals surface area contributed by atoms with Crippen molar-refractivity contribution in [3.63, 3.8) is 0 Å². The van der Waals surface area contributed by atoms with Gasteiger partial charge in [-0.05, 0) is 30.5 Å². The molecule has 92 valence electrons. The highest BCUT2D eigenvalue weighted by atomic mass is 19.1.